The van der Waals surface area contributed by atoms with Gasteiger partial charge in [-0.05, 0) is 66.8 Å². The number of aromatic nitrogens is 6. The number of tetrazole rings is 1. The van der Waals surface area contributed by atoms with Crippen molar-refractivity contribution in [3.63, 3.8) is 0 Å². The molecule has 0 bridgehead atoms. The Morgan fingerprint density at radius 2 is 2.19 bits per heavy atom. The number of aryl methyl sites for hydroxylation is 4. The van der Waals surface area contributed by atoms with Gasteiger partial charge in [-0.3, -0.25) is 9.59 Å². The number of benzene rings is 1. The van der Waals surface area contributed by atoms with Gasteiger partial charge in [0.15, 0.2) is 5.82 Å². The maximum absolute atomic E-state index is 12.5. The second kappa shape index (κ2) is 8.47. The van der Waals surface area contributed by atoms with Crippen LogP contribution < -0.4 is 10.9 Å². The average Bonchev–Trinajstić information content (AvgIpc) is 3.45. The summed E-state index contributed by atoms with van der Waals surface area (Å²) in [6.45, 7) is 3.78. The van der Waals surface area contributed by atoms with Crippen molar-refractivity contribution in [2.75, 3.05) is 11.1 Å². The number of carbonyl (C=O) groups is 1. The second-order valence-corrected chi connectivity index (χ2v) is 9.80. The lowest BCUT2D eigenvalue weighted by Gasteiger charge is -2.10. The molecule has 0 saturated carbocycles. The first-order valence-electron chi connectivity index (χ1n) is 10.3. The number of thiophene rings is 1. The Balaban J connectivity index is 1.23. The number of nitrogens with zero attached hydrogens (tertiary/aromatic N) is 5. The molecule has 9 nitrogen and oxygen atoms in total. The summed E-state index contributed by atoms with van der Waals surface area (Å²) in [4.78, 5) is 34.6. The minimum Gasteiger partial charge on any atom is -0.325 e. The molecule has 164 valence electrons. The van der Waals surface area contributed by atoms with E-state index in [2.05, 4.69) is 30.8 Å². The monoisotopic (exact) mass is 467 g/mol. The van der Waals surface area contributed by atoms with E-state index in [-0.39, 0.29) is 17.2 Å². The number of amides is 1. The first kappa shape index (κ1) is 20.8. The standard InChI is InChI=1S/C21H21N7O2S2/c1-11-6-7-13(8-15(11)28-12(2)25-26-27-28)22-18(29)10-31-9-17-23-20(30)19-14-4-3-5-16(14)32-21(19)24-17/h6-8H,3-5,9-10H2,1-2H3,(H,22,29)(H,23,24,30). The average molecular weight is 468 g/mol. The summed E-state index contributed by atoms with van der Waals surface area (Å²) in [5.74, 6) is 1.85. The lowest BCUT2D eigenvalue weighted by molar-refractivity contribution is -0.113. The Morgan fingerprint density at radius 3 is 3.00 bits per heavy atom. The Kier molecular flexibility index (Phi) is 5.51. The summed E-state index contributed by atoms with van der Waals surface area (Å²) in [7, 11) is 0. The number of hydrogen-bond acceptors (Lipinski definition) is 8. The Morgan fingerprint density at radius 1 is 1.31 bits per heavy atom. The lowest BCUT2D eigenvalue weighted by Crippen LogP contribution is -2.16. The highest BCUT2D eigenvalue weighted by Crippen LogP contribution is 2.34. The van der Waals surface area contributed by atoms with Gasteiger partial charge in [-0.25, -0.2) is 4.98 Å². The molecule has 3 heterocycles. The van der Waals surface area contributed by atoms with Gasteiger partial charge < -0.3 is 10.3 Å². The van der Waals surface area contributed by atoms with Gasteiger partial charge in [-0.2, -0.15) is 4.68 Å². The fourth-order valence-corrected chi connectivity index (χ4v) is 5.89. The number of hydrogen-bond donors (Lipinski definition) is 2. The Bertz CT molecular complexity index is 1390. The normalized spacial score (nSPS) is 12.9. The molecule has 3 aromatic heterocycles. The first-order chi connectivity index (χ1) is 15.5. The molecule has 2 N–H and O–H groups in total. The van der Waals surface area contributed by atoms with Gasteiger partial charge >= 0.3 is 0 Å². The van der Waals surface area contributed by atoms with Crippen molar-refractivity contribution in [3.8, 4) is 5.69 Å². The van der Waals surface area contributed by atoms with Crippen molar-refractivity contribution in [3.05, 3.63) is 56.2 Å². The highest BCUT2D eigenvalue weighted by molar-refractivity contribution is 7.99. The maximum Gasteiger partial charge on any atom is 0.259 e. The number of thioether (sulfide) groups is 1. The molecular formula is C21H21N7O2S2. The van der Waals surface area contributed by atoms with Crippen LogP contribution in [0.5, 0.6) is 0 Å². The second-order valence-electron chi connectivity index (χ2n) is 7.73. The minimum absolute atomic E-state index is 0.0699. The van der Waals surface area contributed by atoms with E-state index in [0.717, 1.165) is 40.7 Å². The van der Waals surface area contributed by atoms with Crippen LogP contribution in [0.4, 0.5) is 5.69 Å². The van der Waals surface area contributed by atoms with Crippen LogP contribution in [0.1, 0.15) is 34.1 Å². The third-order valence-corrected chi connectivity index (χ3v) is 7.57. The molecule has 0 unspecified atom stereocenters. The molecule has 0 aliphatic heterocycles. The van der Waals surface area contributed by atoms with Gasteiger partial charge in [0.25, 0.3) is 5.56 Å². The molecule has 0 spiro atoms. The van der Waals surface area contributed by atoms with E-state index in [1.165, 1.54) is 22.2 Å². The summed E-state index contributed by atoms with van der Waals surface area (Å²) in [5.41, 5.74) is 3.59. The smallest absolute Gasteiger partial charge is 0.259 e. The molecular weight excluding hydrogens is 446 g/mol. The lowest BCUT2D eigenvalue weighted by atomic mass is 10.2. The number of carbonyl (C=O) groups excluding carboxylic acids is 1. The number of rotatable bonds is 6. The molecule has 0 atom stereocenters. The van der Waals surface area contributed by atoms with E-state index in [0.29, 0.717) is 23.1 Å². The van der Waals surface area contributed by atoms with Crippen molar-refractivity contribution in [2.24, 2.45) is 0 Å². The first-order valence-corrected chi connectivity index (χ1v) is 12.2. The van der Waals surface area contributed by atoms with Gasteiger partial charge in [0, 0.05) is 10.6 Å². The van der Waals surface area contributed by atoms with E-state index in [1.54, 1.807) is 16.0 Å². The summed E-state index contributed by atoms with van der Waals surface area (Å²) >= 11 is 3.03. The molecule has 0 saturated heterocycles. The highest BCUT2D eigenvalue weighted by Gasteiger charge is 2.21. The zero-order valence-electron chi connectivity index (χ0n) is 17.6. The molecule has 4 aromatic rings. The van der Waals surface area contributed by atoms with Gasteiger partial charge in [-0.15, -0.1) is 28.2 Å². The van der Waals surface area contributed by atoms with Crippen LogP contribution in [0.15, 0.2) is 23.0 Å². The van der Waals surface area contributed by atoms with Gasteiger partial charge in [0.1, 0.15) is 10.7 Å². The number of aromatic amines is 1. The largest absolute Gasteiger partial charge is 0.325 e. The van der Waals surface area contributed by atoms with Crippen LogP contribution in [0.2, 0.25) is 0 Å². The third kappa shape index (κ3) is 3.93. The van der Waals surface area contributed by atoms with Gasteiger partial charge in [0.05, 0.1) is 22.6 Å². The highest BCUT2D eigenvalue weighted by atomic mass is 32.2. The summed E-state index contributed by atoms with van der Waals surface area (Å²) < 4.78 is 1.64. The summed E-state index contributed by atoms with van der Waals surface area (Å²) in [5, 5.41) is 15.3. The van der Waals surface area contributed by atoms with E-state index in [9.17, 15) is 9.59 Å². The molecule has 32 heavy (non-hydrogen) atoms. The van der Waals surface area contributed by atoms with Gasteiger partial charge in [-0.1, -0.05) is 6.07 Å². The molecule has 1 aromatic carbocycles. The van der Waals surface area contributed by atoms with E-state index in [1.807, 2.05) is 32.0 Å². The molecule has 5 rings (SSSR count). The fourth-order valence-electron chi connectivity index (χ4n) is 3.92. The van der Waals surface area contributed by atoms with Crippen LogP contribution >= 0.6 is 23.1 Å². The van der Waals surface area contributed by atoms with Crippen molar-refractivity contribution in [1.29, 1.82) is 0 Å². The Hall–Kier alpha value is -3.05. The molecule has 1 aliphatic rings. The predicted octanol–water partition coefficient (Wildman–Crippen LogP) is 2.94. The zero-order valence-corrected chi connectivity index (χ0v) is 19.3. The maximum atomic E-state index is 12.5. The van der Waals surface area contributed by atoms with Crippen LogP contribution in [0.25, 0.3) is 15.9 Å². The minimum atomic E-state index is -0.128. The summed E-state index contributed by atoms with van der Waals surface area (Å²) in [6, 6.07) is 5.62. The summed E-state index contributed by atoms with van der Waals surface area (Å²) in [6.07, 6.45) is 3.11. The number of nitrogens with one attached hydrogen (secondary N) is 2. The number of fused-ring (bicyclic) bond motifs is 3. The van der Waals surface area contributed by atoms with Crippen molar-refractivity contribution in [2.45, 2.75) is 38.9 Å². The topological polar surface area (TPSA) is 118 Å². The quantitative estimate of drug-likeness (QED) is 0.447. The van der Waals surface area contributed by atoms with Crippen molar-refractivity contribution >= 4 is 44.9 Å². The van der Waals surface area contributed by atoms with Crippen molar-refractivity contribution in [1.82, 2.24) is 30.2 Å². The van der Waals surface area contributed by atoms with Crippen molar-refractivity contribution < 1.29 is 4.79 Å². The fraction of sp³-hybridized carbons (Fsp3) is 0.333. The van der Waals surface area contributed by atoms with E-state index >= 15 is 0 Å². The number of anilines is 1. The van der Waals surface area contributed by atoms with Crippen LogP contribution in [0.3, 0.4) is 0 Å². The molecule has 0 fully saturated rings. The zero-order chi connectivity index (χ0) is 22.2. The molecule has 1 aliphatic carbocycles. The molecule has 1 amide bonds. The molecule has 11 heteroatoms. The number of H-pyrrole nitrogens is 1. The molecule has 0 radical (unpaired) electrons. The third-order valence-electron chi connectivity index (χ3n) is 5.44. The van der Waals surface area contributed by atoms with E-state index in [4.69, 9.17) is 0 Å². The predicted molar refractivity (Wildman–Crippen MR) is 126 cm³/mol. The van der Waals surface area contributed by atoms with Crippen LogP contribution in [-0.2, 0) is 23.4 Å². The Labute approximate surface area is 191 Å². The van der Waals surface area contributed by atoms with Gasteiger partial charge in [0.2, 0.25) is 5.91 Å². The van der Waals surface area contributed by atoms with Crippen LogP contribution in [-0.4, -0.2) is 41.8 Å². The SMILES string of the molecule is Cc1ccc(NC(=O)CSCc2nc3sc4c(c3c(=O)[nH]2)CCC4)cc1-n1nnnc1C. The van der Waals surface area contributed by atoms with E-state index < -0.39 is 0 Å². The van der Waals surface area contributed by atoms with Crippen LogP contribution in [0, 0.1) is 13.8 Å².